The van der Waals surface area contributed by atoms with Gasteiger partial charge in [-0.3, -0.25) is 0 Å². The topological polar surface area (TPSA) is 24.5 Å². The molecule has 0 aromatic rings. The summed E-state index contributed by atoms with van der Waals surface area (Å²) in [6.45, 7) is 6.99. The highest BCUT2D eigenvalue weighted by molar-refractivity contribution is 4.83. The zero-order valence-corrected chi connectivity index (χ0v) is 10.7. The van der Waals surface area contributed by atoms with Gasteiger partial charge in [0.15, 0.2) is 0 Å². The minimum Gasteiger partial charge on any atom is -0.380 e. The Labute approximate surface area is 99.5 Å². The van der Waals surface area contributed by atoms with Crippen molar-refractivity contribution in [2.24, 2.45) is 5.92 Å². The van der Waals surface area contributed by atoms with E-state index in [-0.39, 0.29) is 0 Å². The van der Waals surface area contributed by atoms with Crippen LogP contribution in [0.1, 0.15) is 32.6 Å². The van der Waals surface area contributed by atoms with Gasteiger partial charge in [0.05, 0.1) is 6.10 Å². The van der Waals surface area contributed by atoms with Gasteiger partial charge in [-0.2, -0.15) is 0 Å². The second-order valence-corrected chi connectivity index (χ2v) is 5.50. The maximum absolute atomic E-state index is 5.34. The van der Waals surface area contributed by atoms with E-state index in [1.807, 2.05) is 0 Å². The SMILES string of the molecule is COC(C)CN1CCCC(CNC2CC2)C1. The molecule has 0 radical (unpaired) electrons. The molecule has 0 spiro atoms. The van der Waals surface area contributed by atoms with Gasteiger partial charge < -0.3 is 15.0 Å². The van der Waals surface area contributed by atoms with Gasteiger partial charge in [0.1, 0.15) is 0 Å². The highest BCUT2D eigenvalue weighted by Crippen LogP contribution is 2.21. The quantitative estimate of drug-likeness (QED) is 0.742. The lowest BCUT2D eigenvalue weighted by Crippen LogP contribution is -2.43. The van der Waals surface area contributed by atoms with Crippen molar-refractivity contribution in [1.82, 2.24) is 10.2 Å². The van der Waals surface area contributed by atoms with Crippen molar-refractivity contribution in [1.29, 1.82) is 0 Å². The Kier molecular flexibility index (Phi) is 4.62. The molecular formula is C13H26N2O. The smallest absolute Gasteiger partial charge is 0.0670 e. The van der Waals surface area contributed by atoms with E-state index in [1.54, 1.807) is 7.11 Å². The van der Waals surface area contributed by atoms with Gasteiger partial charge in [-0.25, -0.2) is 0 Å². The number of methoxy groups -OCH3 is 1. The van der Waals surface area contributed by atoms with E-state index in [9.17, 15) is 0 Å². The molecule has 16 heavy (non-hydrogen) atoms. The largest absolute Gasteiger partial charge is 0.380 e. The Bertz CT molecular complexity index is 206. The number of nitrogens with one attached hydrogen (secondary N) is 1. The predicted molar refractivity (Wildman–Crippen MR) is 66.7 cm³/mol. The van der Waals surface area contributed by atoms with Gasteiger partial charge >= 0.3 is 0 Å². The Balaban J connectivity index is 1.65. The molecule has 1 heterocycles. The third-order valence-corrected chi connectivity index (χ3v) is 3.79. The molecule has 1 aliphatic heterocycles. The number of nitrogens with zero attached hydrogens (tertiary/aromatic N) is 1. The first-order valence-electron chi connectivity index (χ1n) is 6.76. The van der Waals surface area contributed by atoms with Crippen LogP contribution in [0.25, 0.3) is 0 Å². The van der Waals surface area contributed by atoms with Crippen molar-refractivity contribution in [3.63, 3.8) is 0 Å². The van der Waals surface area contributed by atoms with Crippen molar-refractivity contribution in [3.8, 4) is 0 Å². The van der Waals surface area contributed by atoms with Crippen LogP contribution in [0.5, 0.6) is 0 Å². The van der Waals surface area contributed by atoms with Crippen LogP contribution in [-0.2, 0) is 4.74 Å². The van der Waals surface area contributed by atoms with Crippen LogP contribution in [0.15, 0.2) is 0 Å². The number of rotatable bonds is 6. The zero-order valence-electron chi connectivity index (χ0n) is 10.7. The molecule has 0 amide bonds. The first-order chi connectivity index (χ1) is 7.78. The molecule has 2 rings (SSSR count). The van der Waals surface area contributed by atoms with Crippen molar-refractivity contribution < 1.29 is 4.74 Å². The summed E-state index contributed by atoms with van der Waals surface area (Å²) < 4.78 is 5.34. The number of likely N-dealkylation sites (tertiary alicyclic amines) is 1. The molecule has 0 aromatic carbocycles. The van der Waals surface area contributed by atoms with Crippen LogP contribution in [0, 0.1) is 5.92 Å². The molecule has 3 nitrogen and oxygen atoms in total. The summed E-state index contributed by atoms with van der Waals surface area (Å²) in [6, 6.07) is 0.855. The minimum atomic E-state index is 0.371. The number of piperidine rings is 1. The third-order valence-electron chi connectivity index (χ3n) is 3.79. The van der Waals surface area contributed by atoms with Crippen LogP contribution in [0.4, 0.5) is 0 Å². The highest BCUT2D eigenvalue weighted by atomic mass is 16.5. The summed E-state index contributed by atoms with van der Waals surface area (Å²) in [6.07, 6.45) is 5.93. The zero-order chi connectivity index (χ0) is 11.4. The van der Waals surface area contributed by atoms with Gasteiger partial charge in [-0.1, -0.05) is 0 Å². The predicted octanol–water partition coefficient (Wildman–Crippen LogP) is 1.49. The van der Waals surface area contributed by atoms with Gasteiger partial charge in [-0.15, -0.1) is 0 Å². The Hall–Kier alpha value is -0.120. The molecule has 2 aliphatic rings. The lowest BCUT2D eigenvalue weighted by Gasteiger charge is -2.34. The standard InChI is InChI=1S/C13H26N2O/c1-11(16-2)9-15-7-3-4-12(10-15)8-14-13-5-6-13/h11-14H,3-10H2,1-2H3. The van der Waals surface area contributed by atoms with Crippen molar-refractivity contribution in [3.05, 3.63) is 0 Å². The van der Waals surface area contributed by atoms with E-state index >= 15 is 0 Å². The van der Waals surface area contributed by atoms with Gasteiger partial charge in [-0.05, 0) is 51.6 Å². The molecule has 2 unspecified atom stereocenters. The monoisotopic (exact) mass is 226 g/mol. The van der Waals surface area contributed by atoms with Crippen LogP contribution in [-0.4, -0.2) is 50.3 Å². The van der Waals surface area contributed by atoms with Crippen molar-refractivity contribution in [2.75, 3.05) is 33.3 Å². The molecule has 1 saturated carbocycles. The molecular weight excluding hydrogens is 200 g/mol. The molecule has 1 saturated heterocycles. The van der Waals surface area contributed by atoms with Gasteiger partial charge in [0, 0.05) is 26.2 Å². The Morgan fingerprint density at radius 2 is 2.19 bits per heavy atom. The van der Waals surface area contributed by atoms with Crippen LogP contribution < -0.4 is 5.32 Å². The molecule has 94 valence electrons. The van der Waals surface area contributed by atoms with Crippen LogP contribution >= 0.6 is 0 Å². The first-order valence-corrected chi connectivity index (χ1v) is 6.76. The van der Waals surface area contributed by atoms with E-state index < -0.39 is 0 Å². The van der Waals surface area contributed by atoms with E-state index in [0.29, 0.717) is 6.10 Å². The van der Waals surface area contributed by atoms with Gasteiger partial charge in [0.2, 0.25) is 0 Å². The number of ether oxygens (including phenoxy) is 1. The second kappa shape index (κ2) is 5.99. The third kappa shape index (κ3) is 4.04. The molecule has 3 heteroatoms. The summed E-state index contributed by atoms with van der Waals surface area (Å²) in [7, 11) is 1.81. The van der Waals surface area contributed by atoms with E-state index in [2.05, 4.69) is 17.1 Å². The van der Waals surface area contributed by atoms with E-state index in [4.69, 9.17) is 4.74 Å². The summed E-state index contributed by atoms with van der Waals surface area (Å²) in [5.74, 6) is 0.860. The molecule has 1 aliphatic carbocycles. The second-order valence-electron chi connectivity index (χ2n) is 5.50. The van der Waals surface area contributed by atoms with E-state index in [0.717, 1.165) is 18.5 Å². The maximum Gasteiger partial charge on any atom is 0.0670 e. The Morgan fingerprint density at radius 3 is 2.88 bits per heavy atom. The fourth-order valence-electron chi connectivity index (χ4n) is 2.54. The van der Waals surface area contributed by atoms with E-state index in [1.165, 1.54) is 45.3 Å². The van der Waals surface area contributed by atoms with Gasteiger partial charge in [0.25, 0.3) is 0 Å². The van der Waals surface area contributed by atoms with Crippen molar-refractivity contribution >= 4 is 0 Å². The Morgan fingerprint density at radius 1 is 1.38 bits per heavy atom. The molecule has 0 aromatic heterocycles. The molecule has 1 N–H and O–H groups in total. The summed E-state index contributed by atoms with van der Waals surface area (Å²) >= 11 is 0. The summed E-state index contributed by atoms with van der Waals surface area (Å²) in [5.41, 5.74) is 0. The fraction of sp³-hybridized carbons (Fsp3) is 1.00. The minimum absolute atomic E-state index is 0.371. The number of hydrogen-bond acceptors (Lipinski definition) is 3. The average molecular weight is 226 g/mol. The lowest BCUT2D eigenvalue weighted by atomic mass is 9.97. The average Bonchev–Trinajstić information content (AvgIpc) is 3.10. The fourth-order valence-corrected chi connectivity index (χ4v) is 2.54. The molecule has 2 fully saturated rings. The number of hydrogen-bond donors (Lipinski definition) is 1. The first kappa shape index (κ1) is 12.3. The van der Waals surface area contributed by atoms with Crippen molar-refractivity contribution in [2.45, 2.75) is 44.8 Å². The lowest BCUT2D eigenvalue weighted by molar-refractivity contribution is 0.0591. The highest BCUT2D eigenvalue weighted by Gasteiger charge is 2.25. The normalized spacial score (nSPS) is 29.2. The van der Waals surface area contributed by atoms with Crippen LogP contribution in [0.3, 0.4) is 0 Å². The van der Waals surface area contributed by atoms with Crippen LogP contribution in [0.2, 0.25) is 0 Å². The molecule has 2 atom stereocenters. The summed E-state index contributed by atoms with van der Waals surface area (Å²) in [4.78, 5) is 2.57. The maximum atomic E-state index is 5.34. The molecule has 0 bridgehead atoms. The summed E-state index contributed by atoms with van der Waals surface area (Å²) in [5, 5.41) is 3.66.